The number of carbonyl (C=O) groups excluding carboxylic acids is 1. The lowest BCUT2D eigenvalue weighted by Crippen LogP contribution is -2.48. The number of nitrogens with one attached hydrogen (secondary N) is 2. The highest BCUT2D eigenvalue weighted by atomic mass is 32.3. The Hall–Kier alpha value is -3.29. The quantitative estimate of drug-likeness (QED) is 0.160. The molecule has 0 saturated carbocycles. The molecule has 12 heteroatoms. The molecular weight excluding hydrogens is 595 g/mol. The van der Waals surface area contributed by atoms with E-state index in [1.54, 1.807) is 24.3 Å². The summed E-state index contributed by atoms with van der Waals surface area (Å²) in [5, 5.41) is 17.1. The van der Waals surface area contributed by atoms with E-state index in [0.717, 1.165) is 24.1 Å². The number of carbonyl (C=O) groups is 1. The second kappa shape index (κ2) is 14.7. The van der Waals surface area contributed by atoms with Crippen molar-refractivity contribution in [2.24, 2.45) is 0 Å². The zero-order valence-electron chi connectivity index (χ0n) is 24.8. The van der Waals surface area contributed by atoms with E-state index in [-0.39, 0.29) is 30.5 Å². The Morgan fingerprint density at radius 2 is 1.73 bits per heavy atom. The number of aliphatic hydroxyl groups excluding tert-OH is 1. The van der Waals surface area contributed by atoms with Crippen LogP contribution >= 0.6 is 10.8 Å². The molecule has 4 rings (SSSR count). The average Bonchev–Trinajstić information content (AvgIpc) is 2.96. The van der Waals surface area contributed by atoms with Gasteiger partial charge in [-0.1, -0.05) is 48.5 Å². The highest BCUT2D eigenvalue weighted by molar-refractivity contribution is 8.25. The van der Waals surface area contributed by atoms with Crippen LogP contribution in [0.1, 0.15) is 53.7 Å². The highest BCUT2D eigenvalue weighted by Crippen LogP contribution is 2.50. The van der Waals surface area contributed by atoms with E-state index in [9.17, 15) is 32.2 Å². The minimum atomic E-state index is -4.46. The fourth-order valence-electron chi connectivity index (χ4n) is 5.07. The Balaban J connectivity index is 1.53. The molecule has 1 saturated heterocycles. The number of halogens is 3. The van der Waals surface area contributed by atoms with Crippen LogP contribution in [0.3, 0.4) is 0 Å². The van der Waals surface area contributed by atoms with Crippen LogP contribution in [-0.2, 0) is 19.1 Å². The van der Waals surface area contributed by atoms with Crippen LogP contribution in [-0.4, -0.2) is 57.2 Å². The van der Waals surface area contributed by atoms with Gasteiger partial charge in [-0.05, 0) is 62.4 Å². The zero-order chi connectivity index (χ0) is 31.9. The SMILES string of the molecule is CC(C)Oc1cc(C(=O)N[C@@H](Cc2ccccc2)[C@@H](O)CNCc2cccc(C(F)(F)F)c2)cc(N2CCCCS2(O)O)c1. The Bertz CT molecular complexity index is 1390. The third-order valence-electron chi connectivity index (χ3n) is 7.21. The van der Waals surface area contributed by atoms with E-state index in [0.29, 0.717) is 36.4 Å². The predicted octanol–water partition coefficient (Wildman–Crippen LogP) is 6.25. The molecule has 2 atom stereocenters. The van der Waals surface area contributed by atoms with E-state index in [1.807, 2.05) is 44.2 Å². The number of amides is 1. The molecule has 0 unspecified atom stereocenters. The maximum Gasteiger partial charge on any atom is 0.416 e. The molecule has 3 aromatic rings. The summed E-state index contributed by atoms with van der Waals surface area (Å²) < 4.78 is 68.2. The average molecular weight is 636 g/mol. The lowest BCUT2D eigenvalue weighted by molar-refractivity contribution is -0.137. The Morgan fingerprint density at radius 1 is 1.00 bits per heavy atom. The van der Waals surface area contributed by atoms with Crippen molar-refractivity contribution in [2.75, 3.05) is 23.1 Å². The van der Waals surface area contributed by atoms with Gasteiger partial charge in [-0.15, -0.1) is 10.8 Å². The zero-order valence-corrected chi connectivity index (χ0v) is 25.6. The third kappa shape index (κ3) is 9.35. The van der Waals surface area contributed by atoms with E-state index < -0.39 is 40.6 Å². The molecule has 8 nitrogen and oxygen atoms in total. The molecule has 1 heterocycles. The van der Waals surface area contributed by atoms with Crippen LogP contribution < -0.4 is 19.7 Å². The molecular formula is C32H40F3N3O5S. The van der Waals surface area contributed by atoms with Gasteiger partial charge in [0.15, 0.2) is 0 Å². The maximum absolute atomic E-state index is 13.7. The second-order valence-corrected chi connectivity index (χ2v) is 13.3. The number of alkyl halides is 3. The van der Waals surface area contributed by atoms with Crippen molar-refractivity contribution in [1.82, 2.24) is 10.6 Å². The number of nitrogens with zero attached hydrogens (tertiary/aromatic N) is 1. The van der Waals surface area contributed by atoms with Crippen molar-refractivity contribution < 1.29 is 36.9 Å². The van der Waals surface area contributed by atoms with Gasteiger partial charge in [0, 0.05) is 31.3 Å². The molecule has 0 aliphatic carbocycles. The van der Waals surface area contributed by atoms with Crippen molar-refractivity contribution >= 4 is 22.4 Å². The van der Waals surface area contributed by atoms with E-state index in [2.05, 4.69) is 10.6 Å². The molecule has 0 radical (unpaired) electrons. The first-order valence-electron chi connectivity index (χ1n) is 14.6. The van der Waals surface area contributed by atoms with Gasteiger partial charge in [-0.3, -0.25) is 18.2 Å². The maximum atomic E-state index is 13.7. The van der Waals surface area contributed by atoms with Crippen molar-refractivity contribution in [3.05, 3.63) is 95.1 Å². The topological polar surface area (TPSA) is 114 Å². The fourth-order valence-corrected chi connectivity index (χ4v) is 6.75. The number of rotatable bonds is 12. The number of hydrogen-bond donors (Lipinski definition) is 5. The van der Waals surface area contributed by atoms with Gasteiger partial charge in [0.2, 0.25) is 0 Å². The van der Waals surface area contributed by atoms with Gasteiger partial charge >= 0.3 is 6.18 Å². The van der Waals surface area contributed by atoms with Crippen LogP contribution in [0.2, 0.25) is 0 Å². The summed E-state index contributed by atoms with van der Waals surface area (Å²) in [6.45, 7) is 4.21. The molecule has 44 heavy (non-hydrogen) atoms. The van der Waals surface area contributed by atoms with Gasteiger partial charge in [-0.25, -0.2) is 0 Å². The van der Waals surface area contributed by atoms with Crippen molar-refractivity contribution in [2.45, 2.75) is 64.1 Å². The van der Waals surface area contributed by atoms with Crippen LogP contribution in [0.25, 0.3) is 0 Å². The minimum Gasteiger partial charge on any atom is -0.491 e. The summed E-state index contributed by atoms with van der Waals surface area (Å²) in [5.41, 5.74) is 1.21. The van der Waals surface area contributed by atoms with Crippen molar-refractivity contribution in [1.29, 1.82) is 0 Å². The molecule has 3 aromatic carbocycles. The molecule has 0 bridgehead atoms. The smallest absolute Gasteiger partial charge is 0.416 e. The number of aliphatic hydroxyl groups is 1. The van der Waals surface area contributed by atoms with Crippen LogP contribution in [0, 0.1) is 0 Å². The molecule has 0 spiro atoms. The summed E-state index contributed by atoms with van der Waals surface area (Å²) in [4.78, 5) is 13.7. The van der Waals surface area contributed by atoms with E-state index in [4.69, 9.17) is 4.74 Å². The third-order valence-corrected chi connectivity index (χ3v) is 9.15. The van der Waals surface area contributed by atoms with Crippen molar-refractivity contribution in [3.63, 3.8) is 0 Å². The predicted molar refractivity (Wildman–Crippen MR) is 167 cm³/mol. The van der Waals surface area contributed by atoms with E-state index >= 15 is 0 Å². The highest BCUT2D eigenvalue weighted by Gasteiger charge is 2.31. The number of ether oxygens (including phenoxy) is 1. The number of benzene rings is 3. The summed E-state index contributed by atoms with van der Waals surface area (Å²) in [7, 11) is -3.05. The first kappa shape index (κ1) is 33.6. The number of anilines is 1. The fraction of sp³-hybridized carbons (Fsp3) is 0.406. The summed E-state index contributed by atoms with van der Waals surface area (Å²) >= 11 is 0. The molecule has 1 aliphatic rings. The number of hydrogen-bond acceptors (Lipinski definition) is 7. The van der Waals surface area contributed by atoms with Crippen molar-refractivity contribution in [3.8, 4) is 5.75 Å². The second-order valence-electron chi connectivity index (χ2n) is 11.2. The van der Waals surface area contributed by atoms with Gasteiger partial charge in [0.1, 0.15) is 5.75 Å². The summed E-state index contributed by atoms with van der Waals surface area (Å²) in [6, 6.07) is 18.4. The van der Waals surface area contributed by atoms with Gasteiger partial charge in [-0.2, -0.15) is 13.2 Å². The minimum absolute atomic E-state index is 0.00442. The standard InChI is InChI=1S/C32H40F3N3O5S/c1-22(2)43-28-18-25(17-27(19-28)38-13-6-7-14-44(38,41)42)31(40)37-29(16-23-9-4-3-5-10-23)30(39)21-36-20-24-11-8-12-26(15-24)32(33,34)35/h3-5,8-12,15,17-19,22,29-30,36,39,41-42H,6-7,13-14,16,20-21H2,1-2H3,(H,37,40)/t29-,30-/m0/s1. The molecule has 1 amide bonds. The first-order chi connectivity index (χ1) is 20.8. The first-order valence-corrected chi connectivity index (χ1v) is 16.2. The van der Waals surface area contributed by atoms with Crippen LogP contribution in [0.15, 0.2) is 72.8 Å². The lowest BCUT2D eigenvalue weighted by Gasteiger charge is -2.47. The monoisotopic (exact) mass is 635 g/mol. The molecule has 1 fully saturated rings. The van der Waals surface area contributed by atoms with E-state index in [1.165, 1.54) is 10.4 Å². The van der Waals surface area contributed by atoms with Gasteiger partial charge in [0.05, 0.1) is 35.3 Å². The Labute approximate surface area is 257 Å². The summed E-state index contributed by atoms with van der Waals surface area (Å²) in [5.74, 6) is 0.140. The molecule has 240 valence electrons. The molecule has 1 aliphatic heterocycles. The van der Waals surface area contributed by atoms with Crippen LogP contribution in [0.4, 0.5) is 18.9 Å². The lowest BCUT2D eigenvalue weighted by atomic mass is 10.00. The van der Waals surface area contributed by atoms with Gasteiger partial charge < -0.3 is 20.5 Å². The normalized spacial score (nSPS) is 17.2. The Kier molecular flexibility index (Phi) is 11.2. The van der Waals surface area contributed by atoms with Crippen LogP contribution in [0.5, 0.6) is 5.75 Å². The van der Waals surface area contributed by atoms with Gasteiger partial charge in [0.25, 0.3) is 5.91 Å². The summed E-state index contributed by atoms with van der Waals surface area (Å²) in [6.07, 6.45) is -3.99. The largest absolute Gasteiger partial charge is 0.491 e. The molecule has 5 N–H and O–H groups in total. The Morgan fingerprint density at radius 3 is 2.41 bits per heavy atom. The molecule has 0 aromatic heterocycles.